The van der Waals surface area contributed by atoms with Gasteiger partial charge in [-0.1, -0.05) is 32.9 Å². The van der Waals surface area contributed by atoms with E-state index in [1.54, 1.807) is 9.80 Å². The molecule has 0 unspecified atom stereocenters. The minimum absolute atomic E-state index is 0. The average Bonchev–Trinajstić information content (AvgIpc) is 3.44. The van der Waals surface area contributed by atoms with E-state index < -0.39 is 5.54 Å². The van der Waals surface area contributed by atoms with E-state index in [-0.39, 0.29) is 32.4 Å². The van der Waals surface area contributed by atoms with Crippen LogP contribution in [0.3, 0.4) is 0 Å². The SMILES string of the molecule is CCN1CCN(C(=O)c2sc(C(C)(C)C)cc2CC(=O)Nc2ccc(C)c(-c3ccc(CN4CCOCC4)nc3)c2)C(C)(C)C1=O.[HH].[HH]. The van der Waals surface area contributed by atoms with Gasteiger partial charge in [-0.15, -0.1) is 11.3 Å². The van der Waals surface area contributed by atoms with Gasteiger partial charge in [0.15, 0.2) is 0 Å². The Kier molecular flexibility index (Phi) is 10.0. The number of ether oxygens (including phenoxy) is 1. The molecule has 0 saturated carbocycles. The molecule has 2 aromatic heterocycles. The molecule has 0 bridgehead atoms. The number of amides is 3. The Balaban J connectivity index is 0.00000312. The molecule has 0 aliphatic carbocycles. The van der Waals surface area contributed by atoms with Crippen molar-refractivity contribution in [2.75, 3.05) is 51.3 Å². The van der Waals surface area contributed by atoms with Gasteiger partial charge in [-0.25, -0.2) is 0 Å². The molecule has 0 atom stereocenters. The third kappa shape index (κ3) is 7.35. The fourth-order valence-corrected chi connectivity index (χ4v) is 7.24. The zero-order valence-electron chi connectivity index (χ0n) is 28.2. The monoisotopic (exact) mass is 649 g/mol. The van der Waals surface area contributed by atoms with E-state index in [0.717, 1.165) is 60.1 Å². The number of carbonyl (C=O) groups is 3. The lowest BCUT2D eigenvalue weighted by Gasteiger charge is -2.45. The summed E-state index contributed by atoms with van der Waals surface area (Å²) in [7, 11) is 0. The first kappa shape index (κ1) is 33.8. The van der Waals surface area contributed by atoms with Crippen LogP contribution in [0.15, 0.2) is 42.6 Å². The van der Waals surface area contributed by atoms with E-state index in [1.807, 2.05) is 58.2 Å². The van der Waals surface area contributed by atoms with Crippen molar-refractivity contribution in [3.63, 3.8) is 0 Å². The Morgan fingerprint density at radius 2 is 1.80 bits per heavy atom. The lowest BCUT2D eigenvalue weighted by molar-refractivity contribution is -0.146. The molecule has 0 spiro atoms. The summed E-state index contributed by atoms with van der Waals surface area (Å²) in [6, 6.07) is 12.0. The number of morpholine rings is 1. The molecule has 3 aromatic rings. The Bertz CT molecular complexity index is 1600. The predicted molar refractivity (Wildman–Crippen MR) is 187 cm³/mol. The van der Waals surface area contributed by atoms with Crippen LogP contribution in [0.1, 0.15) is 75.8 Å². The maximum atomic E-state index is 14.1. The highest BCUT2D eigenvalue weighted by Crippen LogP contribution is 2.36. The molecular weight excluding hydrogens is 598 g/mol. The Morgan fingerprint density at radius 1 is 1.07 bits per heavy atom. The standard InChI is InChI=1S/C36H47N5O4S.2H2/c1-8-40-13-14-41(36(6,7)34(40)44)33(43)32-26(19-30(46-32)35(3,4)5)20-31(42)38-27-11-9-24(2)29(21-27)25-10-12-28(37-22-25)23-39-15-17-45-18-16-39;;/h9-12,19,21-22H,8,13-18,20,23H2,1-7H3,(H,38,42);2*1H. The zero-order valence-corrected chi connectivity index (χ0v) is 29.1. The average molecular weight is 650 g/mol. The van der Waals surface area contributed by atoms with E-state index in [9.17, 15) is 14.4 Å². The smallest absolute Gasteiger partial charge is 0.265 e. The molecule has 9 nitrogen and oxygen atoms in total. The third-order valence-electron chi connectivity index (χ3n) is 8.95. The number of anilines is 1. The molecule has 2 fully saturated rings. The Morgan fingerprint density at radius 3 is 2.46 bits per heavy atom. The highest BCUT2D eigenvalue weighted by atomic mass is 32.1. The number of aromatic nitrogens is 1. The Hall–Kier alpha value is -3.60. The number of pyridine rings is 1. The van der Waals surface area contributed by atoms with Crippen LogP contribution in [-0.4, -0.2) is 88.9 Å². The maximum Gasteiger partial charge on any atom is 0.265 e. The fourth-order valence-electron chi connectivity index (χ4n) is 6.05. The number of carbonyl (C=O) groups excluding carboxylic acids is 3. The first-order valence-electron chi connectivity index (χ1n) is 16.2. The summed E-state index contributed by atoms with van der Waals surface area (Å²) in [5, 5.41) is 3.06. The summed E-state index contributed by atoms with van der Waals surface area (Å²) in [6.07, 6.45) is 1.95. The molecule has 2 saturated heterocycles. The molecule has 5 rings (SSSR count). The quantitative estimate of drug-likeness (QED) is 0.322. The number of piperazine rings is 1. The van der Waals surface area contributed by atoms with Crippen LogP contribution in [0, 0.1) is 6.92 Å². The lowest BCUT2D eigenvalue weighted by Crippen LogP contribution is -2.64. The molecule has 1 aromatic carbocycles. The third-order valence-corrected chi connectivity index (χ3v) is 10.5. The van der Waals surface area contributed by atoms with E-state index in [1.165, 1.54) is 11.3 Å². The molecule has 2 aliphatic rings. The molecule has 10 heteroatoms. The van der Waals surface area contributed by atoms with Crippen LogP contribution in [0.5, 0.6) is 0 Å². The molecule has 250 valence electrons. The van der Waals surface area contributed by atoms with Crippen molar-refractivity contribution < 1.29 is 22.0 Å². The number of thiophene rings is 1. The molecular formula is C36H51N5O4S. The number of benzene rings is 1. The van der Waals surface area contributed by atoms with Crippen molar-refractivity contribution in [3.05, 3.63) is 69.2 Å². The van der Waals surface area contributed by atoms with Crippen LogP contribution in [0.2, 0.25) is 0 Å². The second-order valence-corrected chi connectivity index (χ2v) is 14.8. The van der Waals surface area contributed by atoms with Crippen molar-refractivity contribution >= 4 is 34.7 Å². The van der Waals surface area contributed by atoms with Crippen LogP contribution in [0.4, 0.5) is 5.69 Å². The topological polar surface area (TPSA) is 95.1 Å². The van der Waals surface area contributed by atoms with E-state index >= 15 is 0 Å². The van der Waals surface area contributed by atoms with Gasteiger partial charge in [0.1, 0.15) is 5.54 Å². The van der Waals surface area contributed by atoms with Crippen molar-refractivity contribution in [3.8, 4) is 11.1 Å². The minimum atomic E-state index is -0.968. The van der Waals surface area contributed by atoms with Gasteiger partial charge in [0.25, 0.3) is 5.91 Å². The maximum absolute atomic E-state index is 14.1. The summed E-state index contributed by atoms with van der Waals surface area (Å²) in [6.45, 7) is 19.6. The molecule has 46 heavy (non-hydrogen) atoms. The van der Waals surface area contributed by atoms with Crippen molar-refractivity contribution in [2.24, 2.45) is 0 Å². The summed E-state index contributed by atoms with van der Waals surface area (Å²) >= 11 is 1.43. The van der Waals surface area contributed by atoms with Crippen LogP contribution in [0.25, 0.3) is 11.1 Å². The predicted octanol–water partition coefficient (Wildman–Crippen LogP) is 6.00. The number of nitrogens with one attached hydrogen (secondary N) is 1. The highest BCUT2D eigenvalue weighted by Gasteiger charge is 2.44. The Labute approximate surface area is 279 Å². The number of hydrogen-bond donors (Lipinski definition) is 1. The van der Waals surface area contributed by atoms with Gasteiger partial charge >= 0.3 is 0 Å². The normalized spacial score (nSPS) is 17.3. The second kappa shape index (κ2) is 13.6. The fraction of sp³-hybridized carbons (Fsp3) is 0.500. The van der Waals surface area contributed by atoms with E-state index in [0.29, 0.717) is 35.8 Å². The number of rotatable bonds is 8. The van der Waals surface area contributed by atoms with Crippen molar-refractivity contribution in [1.29, 1.82) is 0 Å². The van der Waals surface area contributed by atoms with E-state index in [2.05, 4.69) is 43.1 Å². The van der Waals surface area contributed by atoms with Gasteiger partial charge in [0, 0.05) is 64.4 Å². The number of hydrogen-bond acceptors (Lipinski definition) is 7. The van der Waals surface area contributed by atoms with Gasteiger partial charge in [0.2, 0.25) is 11.8 Å². The first-order valence-corrected chi connectivity index (χ1v) is 17.0. The van der Waals surface area contributed by atoms with Crippen LogP contribution in [-0.2, 0) is 32.7 Å². The lowest BCUT2D eigenvalue weighted by atomic mass is 9.93. The summed E-state index contributed by atoms with van der Waals surface area (Å²) in [4.78, 5) is 52.8. The number of aryl methyl sites for hydroxylation is 1. The largest absolute Gasteiger partial charge is 0.379 e. The molecule has 3 amide bonds. The van der Waals surface area contributed by atoms with E-state index in [4.69, 9.17) is 9.72 Å². The minimum Gasteiger partial charge on any atom is -0.379 e. The van der Waals surface area contributed by atoms with Crippen LogP contribution < -0.4 is 5.32 Å². The van der Waals surface area contributed by atoms with Crippen molar-refractivity contribution in [2.45, 2.75) is 72.4 Å². The van der Waals surface area contributed by atoms with Crippen LogP contribution >= 0.6 is 11.3 Å². The van der Waals surface area contributed by atoms with Gasteiger partial charge in [-0.05, 0) is 74.1 Å². The van der Waals surface area contributed by atoms with Gasteiger partial charge in [0.05, 0.1) is 30.2 Å². The summed E-state index contributed by atoms with van der Waals surface area (Å²) in [5.74, 6) is -0.453. The molecule has 2 aliphatic heterocycles. The molecule has 1 N–H and O–H groups in total. The second-order valence-electron chi connectivity index (χ2n) is 13.8. The van der Waals surface area contributed by atoms with Gasteiger partial charge < -0.3 is 19.9 Å². The van der Waals surface area contributed by atoms with Crippen molar-refractivity contribution in [1.82, 2.24) is 19.7 Å². The number of likely N-dealkylation sites (N-methyl/N-ethyl adjacent to an activating group) is 1. The zero-order chi connectivity index (χ0) is 33.2. The van der Waals surface area contributed by atoms with Gasteiger partial charge in [-0.2, -0.15) is 0 Å². The summed E-state index contributed by atoms with van der Waals surface area (Å²) < 4.78 is 5.45. The van der Waals surface area contributed by atoms with Gasteiger partial charge in [-0.3, -0.25) is 24.3 Å². The highest BCUT2D eigenvalue weighted by molar-refractivity contribution is 7.14. The molecule has 4 heterocycles. The first-order chi connectivity index (χ1) is 21.8. The number of nitrogens with zero attached hydrogens (tertiary/aromatic N) is 4. The molecule has 0 radical (unpaired) electrons. The summed E-state index contributed by atoms with van der Waals surface area (Å²) in [5.41, 5.74) is 4.30.